The van der Waals surface area contributed by atoms with E-state index < -0.39 is 12.3 Å². The van der Waals surface area contributed by atoms with Crippen molar-refractivity contribution in [3.63, 3.8) is 0 Å². The molecule has 1 aliphatic heterocycles. The lowest BCUT2D eigenvalue weighted by Crippen LogP contribution is -2.44. The van der Waals surface area contributed by atoms with Crippen LogP contribution in [0.2, 0.25) is 0 Å². The molecule has 0 aromatic carbocycles. The van der Waals surface area contributed by atoms with E-state index in [9.17, 15) is 4.39 Å². The van der Waals surface area contributed by atoms with Gasteiger partial charge in [0, 0.05) is 18.1 Å². The maximum atomic E-state index is 14.0. The van der Waals surface area contributed by atoms with Gasteiger partial charge in [0.2, 0.25) is 0 Å². The van der Waals surface area contributed by atoms with Crippen LogP contribution in [0, 0.1) is 0 Å². The van der Waals surface area contributed by atoms with E-state index in [4.69, 9.17) is 10.5 Å². The number of pyridine rings is 2. The molecule has 3 aromatic heterocycles. The molecule has 0 bridgehead atoms. The second kappa shape index (κ2) is 5.10. The molecule has 0 saturated carbocycles. The number of nitrogens with two attached hydrogens (primary N) is 1. The first-order valence-corrected chi connectivity index (χ1v) is 7.26. The van der Waals surface area contributed by atoms with Gasteiger partial charge in [0.1, 0.15) is 29.5 Å². The minimum atomic E-state index is -1.02. The molecule has 0 unspecified atom stereocenters. The number of piperidine rings is 1. The lowest BCUT2D eigenvalue weighted by Gasteiger charge is -2.27. The fourth-order valence-corrected chi connectivity index (χ4v) is 2.90. The molecule has 6 nitrogen and oxygen atoms in total. The summed E-state index contributed by atoms with van der Waals surface area (Å²) >= 11 is 0. The molecule has 22 heavy (non-hydrogen) atoms. The summed E-state index contributed by atoms with van der Waals surface area (Å²) < 4.78 is 19.9. The summed E-state index contributed by atoms with van der Waals surface area (Å²) in [7, 11) is 0. The number of nitrogen functional groups attached to an aromatic ring is 1. The summed E-state index contributed by atoms with van der Waals surface area (Å²) in [5.74, 6) is 1.05. The maximum absolute atomic E-state index is 14.0. The predicted molar refractivity (Wildman–Crippen MR) is 82.6 cm³/mol. The summed E-state index contributed by atoms with van der Waals surface area (Å²) in [6.45, 7) is 1.08. The number of halogens is 1. The fourth-order valence-electron chi connectivity index (χ4n) is 2.90. The Labute approximate surface area is 125 Å². The summed E-state index contributed by atoms with van der Waals surface area (Å²) in [5.41, 5.74) is 7.29. The molecule has 0 aliphatic carbocycles. The molecular weight excluding hydrogens is 285 g/mol. The molecule has 0 amide bonds. The van der Waals surface area contributed by atoms with E-state index >= 15 is 0 Å². The number of anilines is 1. The number of aromatic amines is 1. The van der Waals surface area contributed by atoms with Crippen molar-refractivity contribution in [1.82, 2.24) is 20.3 Å². The van der Waals surface area contributed by atoms with Crippen LogP contribution in [0.15, 0.2) is 24.5 Å². The van der Waals surface area contributed by atoms with Crippen LogP contribution in [0.4, 0.5) is 10.2 Å². The highest BCUT2D eigenvalue weighted by Gasteiger charge is 2.27. The van der Waals surface area contributed by atoms with Crippen molar-refractivity contribution in [3.05, 3.63) is 24.5 Å². The van der Waals surface area contributed by atoms with E-state index in [0.29, 0.717) is 30.2 Å². The molecule has 7 heteroatoms. The largest absolute Gasteiger partial charge is 0.486 e. The fraction of sp³-hybridized carbons (Fsp3) is 0.333. The smallest absolute Gasteiger partial charge is 0.149 e. The Bertz CT molecular complexity index is 833. The number of nitrogens with zero attached hydrogens (tertiary/aromatic N) is 2. The zero-order valence-electron chi connectivity index (χ0n) is 11.8. The maximum Gasteiger partial charge on any atom is 0.149 e. The Hall–Kier alpha value is -2.41. The number of aromatic nitrogens is 3. The first kappa shape index (κ1) is 13.3. The van der Waals surface area contributed by atoms with E-state index in [1.54, 1.807) is 24.5 Å². The van der Waals surface area contributed by atoms with Crippen LogP contribution in [0.25, 0.3) is 21.9 Å². The van der Waals surface area contributed by atoms with Gasteiger partial charge < -0.3 is 20.8 Å². The molecule has 2 atom stereocenters. The van der Waals surface area contributed by atoms with Gasteiger partial charge in [0.25, 0.3) is 0 Å². The Morgan fingerprint density at radius 1 is 1.36 bits per heavy atom. The van der Waals surface area contributed by atoms with Gasteiger partial charge >= 0.3 is 0 Å². The number of ether oxygens (including phenoxy) is 1. The van der Waals surface area contributed by atoms with Crippen LogP contribution < -0.4 is 15.8 Å². The first-order chi connectivity index (χ1) is 10.7. The van der Waals surface area contributed by atoms with E-state index in [-0.39, 0.29) is 0 Å². The third-order valence-electron chi connectivity index (χ3n) is 3.99. The quantitative estimate of drug-likeness (QED) is 0.671. The van der Waals surface area contributed by atoms with Crippen LogP contribution >= 0.6 is 0 Å². The molecule has 0 spiro atoms. The van der Waals surface area contributed by atoms with Crippen molar-refractivity contribution in [3.8, 4) is 5.75 Å². The van der Waals surface area contributed by atoms with E-state index in [1.807, 2.05) is 0 Å². The highest BCUT2D eigenvalue weighted by molar-refractivity contribution is 6.09. The van der Waals surface area contributed by atoms with Crippen molar-refractivity contribution in [2.75, 3.05) is 18.8 Å². The van der Waals surface area contributed by atoms with Gasteiger partial charge in [0.15, 0.2) is 0 Å². The third kappa shape index (κ3) is 2.14. The van der Waals surface area contributed by atoms with Crippen molar-refractivity contribution >= 4 is 27.8 Å². The van der Waals surface area contributed by atoms with Gasteiger partial charge in [-0.25, -0.2) is 14.4 Å². The summed E-state index contributed by atoms with van der Waals surface area (Å²) in [6.07, 6.45) is 2.48. The van der Waals surface area contributed by atoms with Gasteiger partial charge in [-0.15, -0.1) is 0 Å². The number of nitrogens with one attached hydrogen (secondary N) is 2. The average Bonchev–Trinajstić information content (AvgIpc) is 2.88. The molecule has 4 heterocycles. The third-order valence-corrected chi connectivity index (χ3v) is 3.99. The Morgan fingerprint density at radius 2 is 2.27 bits per heavy atom. The summed E-state index contributed by atoms with van der Waals surface area (Å²) in [4.78, 5) is 11.6. The monoisotopic (exact) mass is 301 g/mol. The molecule has 114 valence electrons. The van der Waals surface area contributed by atoms with Gasteiger partial charge in [-0.05, 0) is 25.1 Å². The first-order valence-electron chi connectivity index (χ1n) is 7.26. The highest BCUT2D eigenvalue weighted by atomic mass is 19.1. The van der Waals surface area contributed by atoms with Crippen LogP contribution in [0.3, 0.4) is 0 Å². The molecule has 4 N–H and O–H groups in total. The SMILES string of the molecule is Nc1cc2c(cn1)[nH]c1nccc(O[C@H]3CCNC[C@H]3F)c12. The van der Waals surface area contributed by atoms with E-state index in [0.717, 1.165) is 22.8 Å². The summed E-state index contributed by atoms with van der Waals surface area (Å²) in [6, 6.07) is 3.54. The molecule has 1 fully saturated rings. The van der Waals surface area contributed by atoms with Crippen molar-refractivity contribution in [2.24, 2.45) is 0 Å². The molecule has 4 rings (SSSR count). The second-order valence-electron chi connectivity index (χ2n) is 5.48. The zero-order valence-corrected chi connectivity index (χ0v) is 11.8. The predicted octanol–water partition coefficient (Wildman–Crippen LogP) is 1.77. The van der Waals surface area contributed by atoms with Gasteiger partial charge in [-0.3, -0.25) is 0 Å². The average molecular weight is 301 g/mol. The molecule has 1 saturated heterocycles. The Balaban J connectivity index is 1.82. The minimum Gasteiger partial charge on any atom is -0.486 e. The lowest BCUT2D eigenvalue weighted by molar-refractivity contribution is 0.0744. The van der Waals surface area contributed by atoms with Crippen LogP contribution in [-0.2, 0) is 0 Å². The molecule has 1 aliphatic rings. The normalized spacial score (nSPS) is 22.2. The minimum absolute atomic E-state index is 0.323. The van der Waals surface area contributed by atoms with Gasteiger partial charge in [0.05, 0.1) is 17.1 Å². The van der Waals surface area contributed by atoms with Gasteiger partial charge in [-0.1, -0.05) is 0 Å². The zero-order chi connectivity index (χ0) is 15.1. The number of H-pyrrole nitrogens is 1. The van der Waals surface area contributed by atoms with Crippen molar-refractivity contribution in [2.45, 2.75) is 18.7 Å². The Kier molecular flexibility index (Phi) is 3.07. The topological polar surface area (TPSA) is 88.9 Å². The summed E-state index contributed by atoms with van der Waals surface area (Å²) in [5, 5.41) is 4.72. The number of rotatable bonds is 2. The van der Waals surface area contributed by atoms with Crippen LogP contribution in [0.1, 0.15) is 6.42 Å². The van der Waals surface area contributed by atoms with Gasteiger partial charge in [-0.2, -0.15) is 0 Å². The number of hydrogen-bond donors (Lipinski definition) is 3. The molecule has 0 radical (unpaired) electrons. The highest BCUT2D eigenvalue weighted by Crippen LogP contribution is 2.33. The van der Waals surface area contributed by atoms with Crippen molar-refractivity contribution in [1.29, 1.82) is 0 Å². The lowest BCUT2D eigenvalue weighted by atomic mass is 10.1. The molecular formula is C15H16FN5O. The Morgan fingerprint density at radius 3 is 3.14 bits per heavy atom. The van der Waals surface area contributed by atoms with Crippen molar-refractivity contribution < 1.29 is 9.13 Å². The van der Waals surface area contributed by atoms with Crippen LogP contribution in [-0.4, -0.2) is 40.3 Å². The number of alkyl halides is 1. The standard InChI is InChI=1S/C15H16FN5O/c16-9-6-18-3-1-11(9)22-12-2-4-19-15-14(12)8-5-13(17)20-7-10(8)21-15/h2,4-5,7,9,11,18H,1,3,6H2,(H2,17,20)(H,19,21)/t9-,11+/m1/s1. The second-order valence-corrected chi connectivity index (χ2v) is 5.48. The van der Waals surface area contributed by atoms with E-state index in [2.05, 4.69) is 20.3 Å². The number of hydrogen-bond acceptors (Lipinski definition) is 5. The number of fused-ring (bicyclic) bond motifs is 3. The van der Waals surface area contributed by atoms with E-state index in [1.165, 1.54) is 0 Å². The molecule has 3 aromatic rings. The van der Waals surface area contributed by atoms with Crippen LogP contribution in [0.5, 0.6) is 5.75 Å².